The number of hydrogen-bond donors (Lipinski definition) is 0. The minimum Gasteiger partial charge on any atom is -0.206 e. The lowest BCUT2D eigenvalue weighted by Crippen LogP contribution is -2.21. The second-order valence-electron chi connectivity index (χ2n) is 9.90. The van der Waals surface area contributed by atoms with Crippen LogP contribution >= 0.6 is 0 Å². The lowest BCUT2D eigenvalue weighted by Gasteiger charge is -2.27. The molecule has 1 aliphatic rings. The summed E-state index contributed by atoms with van der Waals surface area (Å²) in [5.74, 6) is -1.16. The Kier molecular flexibility index (Phi) is 9.03. The Labute approximate surface area is 209 Å². The molecule has 3 aromatic carbocycles. The first-order chi connectivity index (χ1) is 17.0. The van der Waals surface area contributed by atoms with E-state index in [1.165, 1.54) is 43.5 Å². The van der Waals surface area contributed by atoms with Crippen molar-refractivity contribution in [2.75, 3.05) is 0 Å². The van der Waals surface area contributed by atoms with Gasteiger partial charge in [0.05, 0.1) is 0 Å². The van der Waals surface area contributed by atoms with Gasteiger partial charge in [-0.25, -0.2) is 13.2 Å². The van der Waals surface area contributed by atoms with E-state index >= 15 is 0 Å². The minimum atomic E-state index is -0.872. The van der Waals surface area contributed by atoms with E-state index in [2.05, 4.69) is 19.1 Å². The number of hydrogen-bond acceptors (Lipinski definition) is 0. The summed E-state index contributed by atoms with van der Waals surface area (Å²) in [5, 5.41) is 0. The van der Waals surface area contributed by atoms with Crippen LogP contribution in [0.3, 0.4) is 0 Å². The summed E-state index contributed by atoms with van der Waals surface area (Å²) in [7, 11) is -0.531. The number of aryl methyl sites for hydroxylation is 1. The predicted molar refractivity (Wildman–Crippen MR) is 144 cm³/mol. The number of benzene rings is 3. The third-order valence-corrected chi connectivity index (χ3v) is 10.9. The van der Waals surface area contributed by atoms with Gasteiger partial charge in [0.15, 0.2) is 11.6 Å². The fraction of sp³-hybridized carbons (Fsp3) is 0.355. The molecule has 0 atom stereocenters. The number of halogens is 3. The van der Waals surface area contributed by atoms with Crippen molar-refractivity contribution < 1.29 is 13.2 Å². The first-order valence-electron chi connectivity index (χ1n) is 13.0. The van der Waals surface area contributed by atoms with Crippen LogP contribution in [0.25, 0.3) is 22.3 Å². The van der Waals surface area contributed by atoms with E-state index in [0.29, 0.717) is 11.1 Å². The van der Waals surface area contributed by atoms with E-state index in [4.69, 9.17) is 0 Å². The van der Waals surface area contributed by atoms with Crippen molar-refractivity contribution in [1.29, 1.82) is 0 Å². The van der Waals surface area contributed by atoms with Gasteiger partial charge in [0, 0.05) is 14.4 Å². The molecule has 0 bridgehead atoms. The van der Waals surface area contributed by atoms with Crippen molar-refractivity contribution >= 4 is 8.80 Å². The Morgan fingerprint density at radius 1 is 0.771 bits per heavy atom. The highest BCUT2D eigenvalue weighted by molar-refractivity contribution is 6.59. The molecule has 0 radical (unpaired) electrons. The van der Waals surface area contributed by atoms with E-state index < -0.39 is 20.4 Å². The average molecular weight is 493 g/mol. The Hall–Kier alpha value is -2.59. The summed E-state index contributed by atoms with van der Waals surface area (Å²) in [4.78, 5) is 0. The van der Waals surface area contributed by atoms with Crippen molar-refractivity contribution in [3.63, 3.8) is 0 Å². The number of rotatable bonds is 9. The van der Waals surface area contributed by atoms with E-state index in [0.717, 1.165) is 47.9 Å². The minimum absolute atomic E-state index is 0.209. The van der Waals surface area contributed by atoms with Crippen LogP contribution in [-0.4, -0.2) is 8.80 Å². The van der Waals surface area contributed by atoms with Crippen LogP contribution in [-0.2, 0) is 6.42 Å². The quantitative estimate of drug-likeness (QED) is 0.206. The summed E-state index contributed by atoms with van der Waals surface area (Å²) in [6.07, 6.45) is 11.9. The second kappa shape index (κ2) is 12.4. The molecule has 0 aromatic heterocycles. The molecule has 1 fully saturated rings. The first-order valence-corrected chi connectivity index (χ1v) is 15.5. The molecule has 1 saturated heterocycles. The van der Waals surface area contributed by atoms with Gasteiger partial charge in [0.1, 0.15) is 5.82 Å². The fourth-order valence-corrected chi connectivity index (χ4v) is 8.68. The molecule has 184 valence electrons. The molecule has 1 aliphatic heterocycles. The highest BCUT2D eigenvalue weighted by Gasteiger charge is 2.21. The predicted octanol–water partition coefficient (Wildman–Crippen LogP) is 9.36. The summed E-state index contributed by atoms with van der Waals surface area (Å²) in [6.45, 7) is 2.19. The molecular weight excluding hydrogens is 457 g/mol. The summed E-state index contributed by atoms with van der Waals surface area (Å²) >= 11 is 0. The molecule has 4 rings (SSSR count). The van der Waals surface area contributed by atoms with Crippen molar-refractivity contribution in [1.82, 2.24) is 0 Å². The molecule has 35 heavy (non-hydrogen) atoms. The molecule has 0 unspecified atom stereocenters. The maximum Gasteiger partial charge on any atom is 0.159 e. The molecule has 0 nitrogen and oxygen atoms in total. The van der Waals surface area contributed by atoms with Gasteiger partial charge in [0.2, 0.25) is 0 Å². The lowest BCUT2D eigenvalue weighted by atomic mass is 9.93. The second-order valence-corrected chi connectivity index (χ2v) is 13.4. The molecular formula is C31H35F3Si. The van der Waals surface area contributed by atoms with Crippen LogP contribution in [0.15, 0.2) is 72.8 Å². The van der Waals surface area contributed by atoms with Gasteiger partial charge >= 0.3 is 0 Å². The topological polar surface area (TPSA) is 0 Å². The van der Waals surface area contributed by atoms with Crippen molar-refractivity contribution in [2.45, 2.75) is 63.6 Å². The molecule has 3 aromatic rings. The van der Waals surface area contributed by atoms with Crippen molar-refractivity contribution in [2.24, 2.45) is 5.92 Å². The Morgan fingerprint density at radius 2 is 1.49 bits per heavy atom. The van der Waals surface area contributed by atoms with Crippen molar-refractivity contribution in [3.8, 4) is 22.3 Å². The highest BCUT2D eigenvalue weighted by atomic mass is 28.3. The van der Waals surface area contributed by atoms with Gasteiger partial charge in [-0.05, 0) is 72.1 Å². The van der Waals surface area contributed by atoms with E-state index in [-0.39, 0.29) is 5.82 Å². The van der Waals surface area contributed by atoms with Gasteiger partial charge in [-0.2, -0.15) is 0 Å². The molecule has 0 amide bonds. The third kappa shape index (κ3) is 6.97. The lowest BCUT2D eigenvalue weighted by molar-refractivity contribution is 0.437. The molecule has 0 aliphatic carbocycles. The van der Waals surface area contributed by atoms with Crippen molar-refractivity contribution in [3.05, 3.63) is 95.8 Å². The molecule has 0 saturated carbocycles. The Balaban J connectivity index is 1.30. The zero-order chi connectivity index (χ0) is 24.6. The van der Waals surface area contributed by atoms with Crippen LogP contribution in [0.4, 0.5) is 13.2 Å². The molecule has 4 heteroatoms. The van der Waals surface area contributed by atoms with Crippen LogP contribution in [0.5, 0.6) is 0 Å². The largest absolute Gasteiger partial charge is 0.206 e. The normalized spacial score (nSPS) is 18.3. The average Bonchev–Trinajstić information content (AvgIpc) is 2.88. The zero-order valence-electron chi connectivity index (χ0n) is 20.6. The van der Waals surface area contributed by atoms with Gasteiger partial charge in [-0.15, -0.1) is 0 Å². The maximum atomic E-state index is 15.0. The van der Waals surface area contributed by atoms with Crippen LogP contribution in [0, 0.1) is 23.4 Å². The standard InChI is InChI=1S/C31H35F3Si/c1-2-3-4-5-18-35-19-16-23(17-20-35)6-7-24-8-14-28(30(33)21-24)26-11-9-25(10-12-26)27-13-15-29(32)31(34)22-27/h3-4,8-15,21-23,35H,2,5-7,16-20H2,1H3/b4-3+. The molecule has 0 N–H and O–H groups in total. The van der Waals surface area contributed by atoms with E-state index in [1.54, 1.807) is 12.1 Å². The van der Waals surface area contributed by atoms with Gasteiger partial charge in [-0.3, -0.25) is 0 Å². The van der Waals surface area contributed by atoms with E-state index in [1.807, 2.05) is 36.4 Å². The summed E-state index contributed by atoms with van der Waals surface area (Å²) in [5.41, 5.74) is 3.76. The third-order valence-electron chi connectivity index (χ3n) is 7.43. The van der Waals surface area contributed by atoms with Crippen LogP contribution in [0.2, 0.25) is 18.1 Å². The summed E-state index contributed by atoms with van der Waals surface area (Å²) in [6, 6.07) is 21.1. The highest BCUT2D eigenvalue weighted by Crippen LogP contribution is 2.32. The van der Waals surface area contributed by atoms with Crippen LogP contribution < -0.4 is 0 Å². The number of allylic oxidation sites excluding steroid dienone is 2. The fourth-order valence-electron chi connectivity index (χ4n) is 5.26. The van der Waals surface area contributed by atoms with Gasteiger partial charge in [0.25, 0.3) is 0 Å². The SMILES string of the molecule is CC/C=C/CC[SiH]1CCC(CCc2ccc(-c3ccc(-c4ccc(F)c(F)c4)cc3)c(F)c2)CC1. The Morgan fingerprint density at radius 3 is 2.17 bits per heavy atom. The maximum absolute atomic E-state index is 15.0. The molecule has 1 heterocycles. The van der Waals surface area contributed by atoms with E-state index in [9.17, 15) is 13.2 Å². The monoisotopic (exact) mass is 492 g/mol. The smallest absolute Gasteiger partial charge is 0.159 e. The molecule has 0 spiro atoms. The zero-order valence-corrected chi connectivity index (χ0v) is 21.7. The summed E-state index contributed by atoms with van der Waals surface area (Å²) < 4.78 is 41.7. The first kappa shape index (κ1) is 25.5. The van der Waals surface area contributed by atoms with Gasteiger partial charge < -0.3 is 0 Å². The van der Waals surface area contributed by atoms with Gasteiger partial charge in [-0.1, -0.05) is 92.5 Å². The van der Waals surface area contributed by atoms with Crippen LogP contribution in [0.1, 0.15) is 44.6 Å². The Bertz CT molecular complexity index is 1130.